The number of rotatable bonds is 6. The molecule has 3 aromatic rings. The molecule has 0 bridgehead atoms. The van der Waals surface area contributed by atoms with Gasteiger partial charge in [-0.2, -0.15) is 0 Å². The van der Waals surface area contributed by atoms with Crippen LogP contribution in [0.5, 0.6) is 0 Å². The molecule has 0 aliphatic carbocycles. The minimum absolute atomic E-state index is 0.00470. The molecular weight excluding hydrogens is 416 g/mol. The number of esters is 1. The highest BCUT2D eigenvalue weighted by Gasteiger charge is 2.45. The molecule has 1 aliphatic rings. The van der Waals surface area contributed by atoms with Crippen LogP contribution in [-0.4, -0.2) is 34.4 Å². The molecule has 3 heterocycles. The van der Waals surface area contributed by atoms with Gasteiger partial charge in [0.25, 0.3) is 5.91 Å². The number of carbonyl (C=O) groups is 3. The van der Waals surface area contributed by atoms with Gasteiger partial charge < -0.3 is 9.84 Å². The zero-order valence-corrected chi connectivity index (χ0v) is 17.3. The SMILES string of the molecule is CCOC(=O)c1ccc(N2C(=O)C(O)=C(C(=O)c3cccs3)[C@@H]2c2cccnc2)cc1. The van der Waals surface area contributed by atoms with Crippen molar-refractivity contribution in [2.24, 2.45) is 0 Å². The number of Topliss-reactive ketones (excluding diaryl/α,β-unsaturated/α-hetero) is 1. The quantitative estimate of drug-likeness (QED) is 0.463. The van der Waals surface area contributed by atoms with Gasteiger partial charge in [0.2, 0.25) is 5.78 Å². The lowest BCUT2D eigenvalue weighted by Crippen LogP contribution is -2.31. The molecule has 0 saturated carbocycles. The Bertz CT molecular complexity index is 1150. The maximum absolute atomic E-state index is 13.2. The first kappa shape index (κ1) is 20.5. The zero-order valence-electron chi connectivity index (χ0n) is 16.5. The van der Waals surface area contributed by atoms with Crippen LogP contribution in [0.2, 0.25) is 0 Å². The molecule has 4 rings (SSSR count). The minimum atomic E-state index is -0.857. The van der Waals surface area contributed by atoms with Crippen LogP contribution in [0.3, 0.4) is 0 Å². The Hall–Kier alpha value is -3.78. The molecule has 1 aliphatic heterocycles. The first-order chi connectivity index (χ1) is 15.0. The average molecular weight is 434 g/mol. The second-order valence-electron chi connectivity index (χ2n) is 6.70. The number of aliphatic hydroxyl groups is 1. The number of nitrogens with zero attached hydrogens (tertiary/aromatic N) is 2. The van der Waals surface area contributed by atoms with Gasteiger partial charge in [0.1, 0.15) is 0 Å². The van der Waals surface area contributed by atoms with Gasteiger partial charge in [0, 0.05) is 18.1 Å². The predicted octanol–water partition coefficient (Wildman–Crippen LogP) is 4.10. The zero-order chi connectivity index (χ0) is 22.0. The number of carbonyl (C=O) groups excluding carboxylic acids is 3. The summed E-state index contributed by atoms with van der Waals surface area (Å²) in [6.45, 7) is 1.97. The van der Waals surface area contributed by atoms with E-state index in [9.17, 15) is 19.5 Å². The topological polar surface area (TPSA) is 96.8 Å². The molecule has 1 N–H and O–H groups in total. The Kier molecular flexibility index (Phi) is 5.64. The molecular formula is C23H18N2O5S. The van der Waals surface area contributed by atoms with E-state index in [0.29, 0.717) is 21.7 Å². The normalized spacial score (nSPS) is 16.0. The van der Waals surface area contributed by atoms with Gasteiger partial charge in [-0.1, -0.05) is 12.1 Å². The Morgan fingerprint density at radius 1 is 1.16 bits per heavy atom. The summed E-state index contributed by atoms with van der Waals surface area (Å²) in [5, 5.41) is 12.4. The Balaban J connectivity index is 1.78. The van der Waals surface area contributed by atoms with Gasteiger partial charge in [-0.05, 0) is 54.3 Å². The number of thiophene rings is 1. The van der Waals surface area contributed by atoms with Crippen molar-refractivity contribution in [3.05, 3.63) is 93.6 Å². The molecule has 156 valence electrons. The van der Waals surface area contributed by atoms with Gasteiger partial charge in [-0.25, -0.2) is 4.79 Å². The van der Waals surface area contributed by atoms with Gasteiger partial charge in [0.05, 0.1) is 28.7 Å². The fourth-order valence-electron chi connectivity index (χ4n) is 3.47. The number of aromatic nitrogens is 1. The van der Waals surface area contributed by atoms with E-state index >= 15 is 0 Å². The molecule has 1 atom stereocenters. The smallest absolute Gasteiger partial charge is 0.338 e. The lowest BCUT2D eigenvalue weighted by molar-refractivity contribution is -0.117. The van der Waals surface area contributed by atoms with Crippen molar-refractivity contribution in [1.29, 1.82) is 0 Å². The lowest BCUT2D eigenvalue weighted by atomic mass is 9.96. The largest absolute Gasteiger partial charge is 0.503 e. The number of ketones is 1. The van der Waals surface area contributed by atoms with Gasteiger partial charge in [0.15, 0.2) is 5.76 Å². The molecule has 7 nitrogen and oxygen atoms in total. The van der Waals surface area contributed by atoms with Crippen LogP contribution in [0.4, 0.5) is 5.69 Å². The average Bonchev–Trinajstić information content (AvgIpc) is 3.42. The fourth-order valence-corrected chi connectivity index (χ4v) is 4.15. The van der Waals surface area contributed by atoms with Crippen molar-refractivity contribution in [1.82, 2.24) is 4.98 Å². The second-order valence-corrected chi connectivity index (χ2v) is 7.65. The summed E-state index contributed by atoms with van der Waals surface area (Å²) < 4.78 is 4.99. The van der Waals surface area contributed by atoms with E-state index in [1.807, 2.05) is 0 Å². The van der Waals surface area contributed by atoms with Gasteiger partial charge >= 0.3 is 5.97 Å². The van der Waals surface area contributed by atoms with Crippen molar-refractivity contribution in [3.63, 3.8) is 0 Å². The molecule has 0 radical (unpaired) electrons. The lowest BCUT2D eigenvalue weighted by Gasteiger charge is -2.26. The number of hydrogen-bond donors (Lipinski definition) is 1. The summed E-state index contributed by atoms with van der Waals surface area (Å²) in [5.41, 5.74) is 1.33. The second kappa shape index (κ2) is 8.53. The third-order valence-corrected chi connectivity index (χ3v) is 5.72. The van der Waals surface area contributed by atoms with Crippen molar-refractivity contribution < 1.29 is 24.2 Å². The van der Waals surface area contributed by atoms with Crippen LogP contribution < -0.4 is 4.90 Å². The summed E-state index contributed by atoms with van der Waals surface area (Å²) in [4.78, 5) is 44.0. The van der Waals surface area contributed by atoms with E-state index in [2.05, 4.69) is 4.98 Å². The van der Waals surface area contributed by atoms with E-state index in [-0.39, 0.29) is 12.2 Å². The van der Waals surface area contributed by atoms with E-state index < -0.39 is 29.5 Å². The predicted molar refractivity (Wildman–Crippen MR) is 115 cm³/mol. The number of pyridine rings is 1. The monoisotopic (exact) mass is 434 g/mol. The third kappa shape index (κ3) is 3.73. The van der Waals surface area contributed by atoms with Crippen LogP contribution in [0.1, 0.15) is 38.6 Å². The van der Waals surface area contributed by atoms with Crippen LogP contribution >= 0.6 is 11.3 Å². The third-order valence-electron chi connectivity index (χ3n) is 4.85. The molecule has 2 aromatic heterocycles. The number of ether oxygens (including phenoxy) is 1. The van der Waals surface area contributed by atoms with Crippen molar-refractivity contribution in [3.8, 4) is 0 Å². The van der Waals surface area contributed by atoms with E-state index in [0.717, 1.165) is 0 Å². The van der Waals surface area contributed by atoms with Crippen molar-refractivity contribution >= 4 is 34.7 Å². The number of hydrogen-bond acceptors (Lipinski definition) is 7. The number of anilines is 1. The molecule has 0 unspecified atom stereocenters. The molecule has 0 saturated heterocycles. The Morgan fingerprint density at radius 2 is 1.94 bits per heavy atom. The highest BCUT2D eigenvalue weighted by molar-refractivity contribution is 7.12. The molecule has 1 amide bonds. The summed E-state index contributed by atoms with van der Waals surface area (Å²) in [7, 11) is 0. The summed E-state index contributed by atoms with van der Waals surface area (Å²) in [6, 6.07) is 12.2. The van der Waals surface area contributed by atoms with Crippen LogP contribution in [-0.2, 0) is 9.53 Å². The molecule has 0 spiro atoms. The molecule has 8 heteroatoms. The Morgan fingerprint density at radius 3 is 2.55 bits per heavy atom. The Labute approximate surface area is 182 Å². The van der Waals surface area contributed by atoms with Crippen LogP contribution in [0, 0.1) is 0 Å². The van der Waals surface area contributed by atoms with E-state index in [1.165, 1.54) is 28.4 Å². The van der Waals surface area contributed by atoms with Crippen LogP contribution in [0.15, 0.2) is 77.6 Å². The number of amides is 1. The van der Waals surface area contributed by atoms with Gasteiger partial charge in [-0.15, -0.1) is 11.3 Å². The van der Waals surface area contributed by atoms with Crippen LogP contribution in [0.25, 0.3) is 0 Å². The first-order valence-corrected chi connectivity index (χ1v) is 10.4. The first-order valence-electron chi connectivity index (χ1n) is 9.55. The van der Waals surface area contributed by atoms with E-state index in [4.69, 9.17) is 4.74 Å². The summed E-state index contributed by atoms with van der Waals surface area (Å²) >= 11 is 1.23. The van der Waals surface area contributed by atoms with Crippen molar-refractivity contribution in [2.75, 3.05) is 11.5 Å². The maximum Gasteiger partial charge on any atom is 0.338 e. The highest BCUT2D eigenvalue weighted by Crippen LogP contribution is 2.42. The molecule has 1 aromatic carbocycles. The number of aliphatic hydroxyl groups excluding tert-OH is 1. The maximum atomic E-state index is 13.2. The fraction of sp³-hybridized carbons (Fsp3) is 0.130. The standard InChI is InChI=1S/C23H18N2O5S/c1-2-30-23(29)14-7-9-16(10-8-14)25-19(15-5-3-11-24-13-15)18(21(27)22(25)28)20(26)17-6-4-12-31-17/h3-13,19,27H,2H2,1H3/t19-/m0/s1. The van der Waals surface area contributed by atoms with Crippen molar-refractivity contribution in [2.45, 2.75) is 13.0 Å². The summed E-state index contributed by atoms with van der Waals surface area (Å²) in [5.74, 6) is -2.18. The van der Waals surface area contributed by atoms with E-state index in [1.54, 1.807) is 61.1 Å². The van der Waals surface area contributed by atoms with Gasteiger partial charge in [-0.3, -0.25) is 19.5 Å². The molecule has 0 fully saturated rings. The highest BCUT2D eigenvalue weighted by atomic mass is 32.1. The minimum Gasteiger partial charge on any atom is -0.503 e. The number of benzene rings is 1. The molecule has 31 heavy (non-hydrogen) atoms. The summed E-state index contributed by atoms with van der Waals surface area (Å²) in [6.07, 6.45) is 3.14.